The number of imidazole rings is 1. The molecular formula is C14H20ClN3S. The molecule has 1 unspecified atom stereocenters. The van der Waals surface area contributed by atoms with Crippen molar-refractivity contribution in [2.24, 2.45) is 0 Å². The molecule has 2 rings (SSSR count). The third-order valence-electron chi connectivity index (χ3n) is 3.76. The fourth-order valence-electron chi connectivity index (χ4n) is 2.14. The normalized spacial score (nSPS) is 13.3. The summed E-state index contributed by atoms with van der Waals surface area (Å²) in [6.45, 7) is 6.30. The average molecular weight is 298 g/mol. The van der Waals surface area contributed by atoms with Crippen LogP contribution in [-0.2, 0) is 6.54 Å². The minimum absolute atomic E-state index is 0.586. The second kappa shape index (κ2) is 6.07. The Labute approximate surface area is 124 Å². The van der Waals surface area contributed by atoms with E-state index in [4.69, 9.17) is 23.8 Å². The van der Waals surface area contributed by atoms with Crippen molar-refractivity contribution in [1.29, 1.82) is 0 Å². The van der Waals surface area contributed by atoms with Gasteiger partial charge in [0.15, 0.2) is 4.77 Å². The van der Waals surface area contributed by atoms with Gasteiger partial charge in [0.05, 0.1) is 11.0 Å². The molecule has 104 valence electrons. The number of fused-ring (bicyclic) bond motifs is 1. The van der Waals surface area contributed by atoms with E-state index in [0.717, 1.165) is 40.3 Å². The predicted molar refractivity (Wildman–Crippen MR) is 84.5 cm³/mol. The van der Waals surface area contributed by atoms with E-state index in [2.05, 4.69) is 35.3 Å². The van der Waals surface area contributed by atoms with Gasteiger partial charge in [-0.3, -0.25) is 0 Å². The van der Waals surface area contributed by atoms with Crippen LogP contribution in [0.5, 0.6) is 0 Å². The highest BCUT2D eigenvalue weighted by Gasteiger charge is 2.09. The number of benzene rings is 1. The van der Waals surface area contributed by atoms with Crippen LogP contribution in [-0.4, -0.2) is 34.1 Å². The number of aromatic nitrogens is 2. The van der Waals surface area contributed by atoms with E-state index in [1.807, 2.05) is 18.2 Å². The number of rotatable bonds is 5. The molecule has 0 amide bonds. The molecule has 1 aromatic carbocycles. The van der Waals surface area contributed by atoms with E-state index in [1.54, 1.807) is 0 Å². The Morgan fingerprint density at radius 1 is 1.47 bits per heavy atom. The van der Waals surface area contributed by atoms with Gasteiger partial charge >= 0.3 is 0 Å². The molecule has 0 fully saturated rings. The topological polar surface area (TPSA) is 24.0 Å². The number of nitrogens with zero attached hydrogens (tertiary/aromatic N) is 2. The van der Waals surface area contributed by atoms with Crippen molar-refractivity contribution < 1.29 is 0 Å². The fraction of sp³-hybridized carbons (Fsp3) is 0.500. The van der Waals surface area contributed by atoms with Crippen LogP contribution < -0.4 is 0 Å². The molecule has 3 nitrogen and oxygen atoms in total. The number of hydrogen-bond donors (Lipinski definition) is 1. The zero-order valence-electron chi connectivity index (χ0n) is 11.6. The predicted octanol–water partition coefficient (Wildman–Crippen LogP) is 4.08. The Morgan fingerprint density at radius 2 is 2.21 bits per heavy atom. The molecule has 19 heavy (non-hydrogen) atoms. The van der Waals surface area contributed by atoms with Crippen LogP contribution in [0, 0.1) is 4.77 Å². The number of nitrogens with one attached hydrogen (secondary N) is 1. The first kappa shape index (κ1) is 14.6. The highest BCUT2D eigenvalue weighted by Crippen LogP contribution is 2.19. The van der Waals surface area contributed by atoms with Crippen molar-refractivity contribution in [2.75, 3.05) is 13.6 Å². The molecule has 0 aliphatic rings. The molecular weight excluding hydrogens is 278 g/mol. The van der Waals surface area contributed by atoms with Gasteiger partial charge in [-0.05, 0) is 50.8 Å². The lowest BCUT2D eigenvalue weighted by Crippen LogP contribution is -2.31. The molecule has 2 aromatic rings. The molecule has 1 atom stereocenters. The average Bonchev–Trinajstić information content (AvgIpc) is 2.70. The molecule has 0 saturated heterocycles. The van der Waals surface area contributed by atoms with Crippen LogP contribution >= 0.6 is 23.8 Å². The summed E-state index contributed by atoms with van der Waals surface area (Å²) < 4.78 is 2.88. The summed E-state index contributed by atoms with van der Waals surface area (Å²) in [5, 5.41) is 0.741. The van der Waals surface area contributed by atoms with Crippen LogP contribution in [0.3, 0.4) is 0 Å². The summed E-state index contributed by atoms with van der Waals surface area (Å²) >= 11 is 11.5. The second-order valence-corrected chi connectivity index (χ2v) is 5.80. The zero-order valence-corrected chi connectivity index (χ0v) is 13.2. The summed E-state index contributed by atoms with van der Waals surface area (Å²) in [6.07, 6.45) is 1.15. The van der Waals surface area contributed by atoms with Gasteiger partial charge in [-0.15, -0.1) is 0 Å². The third kappa shape index (κ3) is 3.19. The maximum atomic E-state index is 6.06. The van der Waals surface area contributed by atoms with Gasteiger partial charge in [-0.1, -0.05) is 18.5 Å². The summed E-state index contributed by atoms with van der Waals surface area (Å²) in [5.74, 6) is 0. The molecule has 0 spiro atoms. The van der Waals surface area contributed by atoms with E-state index in [1.165, 1.54) is 0 Å². The SMILES string of the molecule is CCC(C)N(C)CCn1c(=S)[nH]c2ccc(Cl)cc21. The van der Waals surface area contributed by atoms with Gasteiger partial charge in [-0.25, -0.2) is 0 Å². The lowest BCUT2D eigenvalue weighted by atomic mass is 10.2. The first-order valence-electron chi connectivity index (χ1n) is 6.61. The Morgan fingerprint density at radius 3 is 2.89 bits per heavy atom. The molecule has 5 heteroatoms. The first-order chi connectivity index (χ1) is 9.02. The highest BCUT2D eigenvalue weighted by atomic mass is 35.5. The van der Waals surface area contributed by atoms with Crippen molar-refractivity contribution in [3.8, 4) is 0 Å². The van der Waals surface area contributed by atoms with Crippen LogP contribution in [0.15, 0.2) is 18.2 Å². The number of aromatic amines is 1. The first-order valence-corrected chi connectivity index (χ1v) is 7.40. The Kier molecular flexibility index (Phi) is 4.66. The Bertz CT molecular complexity index is 617. The molecule has 0 radical (unpaired) electrons. The minimum atomic E-state index is 0.586. The maximum Gasteiger partial charge on any atom is 0.178 e. The Hall–Kier alpha value is -0.840. The highest BCUT2D eigenvalue weighted by molar-refractivity contribution is 7.71. The fourth-order valence-corrected chi connectivity index (χ4v) is 2.60. The van der Waals surface area contributed by atoms with Crippen molar-refractivity contribution >= 4 is 34.9 Å². The van der Waals surface area contributed by atoms with Gasteiger partial charge in [0.2, 0.25) is 0 Å². The molecule has 0 aliphatic carbocycles. The largest absolute Gasteiger partial charge is 0.331 e. The number of likely N-dealkylation sites (N-methyl/N-ethyl adjacent to an activating group) is 1. The number of halogens is 1. The molecule has 0 saturated carbocycles. The smallest absolute Gasteiger partial charge is 0.178 e. The molecule has 1 N–H and O–H groups in total. The van der Waals surface area contributed by atoms with Gasteiger partial charge in [0.1, 0.15) is 0 Å². The molecule has 0 bridgehead atoms. The van der Waals surface area contributed by atoms with Crippen LogP contribution in [0.1, 0.15) is 20.3 Å². The van der Waals surface area contributed by atoms with Gasteiger partial charge in [0, 0.05) is 24.2 Å². The summed E-state index contributed by atoms with van der Waals surface area (Å²) in [7, 11) is 2.15. The Balaban J connectivity index is 2.23. The lowest BCUT2D eigenvalue weighted by molar-refractivity contribution is 0.243. The summed E-state index contributed by atoms with van der Waals surface area (Å²) in [4.78, 5) is 5.57. The van der Waals surface area contributed by atoms with Crippen molar-refractivity contribution in [3.05, 3.63) is 28.0 Å². The lowest BCUT2D eigenvalue weighted by Gasteiger charge is -2.23. The van der Waals surface area contributed by atoms with Gasteiger partial charge < -0.3 is 14.5 Å². The standard InChI is InChI=1S/C14H20ClN3S/c1-4-10(2)17(3)7-8-18-13-9-11(15)5-6-12(13)16-14(18)19/h5-6,9-10H,4,7-8H2,1-3H3,(H,16,19). The second-order valence-electron chi connectivity index (χ2n) is 4.98. The van der Waals surface area contributed by atoms with Crippen LogP contribution in [0.2, 0.25) is 5.02 Å². The monoisotopic (exact) mass is 297 g/mol. The molecule has 1 heterocycles. The quantitative estimate of drug-likeness (QED) is 0.841. The molecule has 1 aromatic heterocycles. The number of hydrogen-bond acceptors (Lipinski definition) is 2. The number of H-pyrrole nitrogens is 1. The zero-order chi connectivity index (χ0) is 14.0. The summed E-state index contributed by atoms with van der Waals surface area (Å²) in [6, 6.07) is 6.41. The van der Waals surface area contributed by atoms with Crippen molar-refractivity contribution in [2.45, 2.75) is 32.9 Å². The van der Waals surface area contributed by atoms with E-state index in [-0.39, 0.29) is 0 Å². The van der Waals surface area contributed by atoms with Crippen LogP contribution in [0.25, 0.3) is 11.0 Å². The summed E-state index contributed by atoms with van der Waals surface area (Å²) in [5.41, 5.74) is 2.12. The van der Waals surface area contributed by atoms with E-state index in [0.29, 0.717) is 6.04 Å². The van der Waals surface area contributed by atoms with E-state index in [9.17, 15) is 0 Å². The van der Waals surface area contributed by atoms with Crippen molar-refractivity contribution in [3.63, 3.8) is 0 Å². The van der Waals surface area contributed by atoms with Crippen LogP contribution in [0.4, 0.5) is 0 Å². The van der Waals surface area contributed by atoms with E-state index >= 15 is 0 Å². The minimum Gasteiger partial charge on any atom is -0.331 e. The van der Waals surface area contributed by atoms with Gasteiger partial charge in [0.25, 0.3) is 0 Å². The molecule has 0 aliphatic heterocycles. The maximum absolute atomic E-state index is 6.06. The van der Waals surface area contributed by atoms with Gasteiger partial charge in [-0.2, -0.15) is 0 Å². The van der Waals surface area contributed by atoms with Crippen molar-refractivity contribution in [1.82, 2.24) is 14.5 Å². The third-order valence-corrected chi connectivity index (χ3v) is 4.31. The van der Waals surface area contributed by atoms with E-state index < -0.39 is 0 Å².